The first kappa shape index (κ1) is 41.4. The third kappa shape index (κ3) is 12.6. The summed E-state index contributed by atoms with van der Waals surface area (Å²) >= 11 is 0. The second-order valence-corrected chi connectivity index (χ2v) is 11.6. The number of carbonyl (C=O) groups excluding carboxylic acids is 5. The number of carboxylic acid groups (broad SMARTS) is 2. The zero-order chi connectivity index (χ0) is 39.9. The fraction of sp³-hybridized carbons (Fsp3) is 0.355. The van der Waals surface area contributed by atoms with Gasteiger partial charge in [0.15, 0.2) is 5.96 Å². The van der Waals surface area contributed by atoms with Gasteiger partial charge in [-0.25, -0.2) is 9.59 Å². The number of carbonyl (C=O) groups is 7. The SMILES string of the molecule is NC(N)=NCCC[C@H](NC(=O)[C@H](CO)NC(=O)c1cc(=O)[nH]c(=O)[nH]1)C(=O)NCC(=O)N[C@@H](CC(=O)O)C(=O)N[C@@H](Cc1c[nH]c2ccccc12)C(=O)O. The molecule has 3 aromatic rings. The molecule has 0 unspecified atom stereocenters. The number of aromatic nitrogens is 3. The number of aliphatic carboxylic acids is 2. The van der Waals surface area contributed by atoms with E-state index < -0.39 is 102 Å². The first-order valence-corrected chi connectivity index (χ1v) is 16.1. The molecule has 0 aliphatic carbocycles. The van der Waals surface area contributed by atoms with E-state index in [1.54, 1.807) is 30.5 Å². The van der Waals surface area contributed by atoms with Gasteiger partial charge in [-0.1, -0.05) is 18.2 Å². The van der Waals surface area contributed by atoms with Crippen molar-refractivity contribution in [3.63, 3.8) is 0 Å². The van der Waals surface area contributed by atoms with Crippen molar-refractivity contribution in [3.05, 3.63) is 68.6 Å². The van der Waals surface area contributed by atoms with Crippen LogP contribution in [0.5, 0.6) is 0 Å². The third-order valence-corrected chi connectivity index (χ3v) is 7.55. The number of nitrogens with one attached hydrogen (secondary N) is 8. The van der Waals surface area contributed by atoms with Gasteiger partial charge in [-0.3, -0.25) is 43.5 Å². The summed E-state index contributed by atoms with van der Waals surface area (Å²) in [6.45, 7) is -1.84. The summed E-state index contributed by atoms with van der Waals surface area (Å²) in [5.74, 6) is -8.58. The highest BCUT2D eigenvalue weighted by molar-refractivity contribution is 5.98. The lowest BCUT2D eigenvalue weighted by Crippen LogP contribution is -2.56. The van der Waals surface area contributed by atoms with Crippen LogP contribution in [0, 0.1) is 0 Å². The topological polar surface area (TPSA) is 386 Å². The van der Waals surface area contributed by atoms with E-state index >= 15 is 0 Å². The van der Waals surface area contributed by atoms with Crippen molar-refractivity contribution >= 4 is 58.3 Å². The maximum Gasteiger partial charge on any atom is 0.326 e. The van der Waals surface area contributed by atoms with Crippen LogP contribution < -0.4 is 49.3 Å². The minimum Gasteiger partial charge on any atom is -0.481 e. The van der Waals surface area contributed by atoms with Gasteiger partial charge in [0.25, 0.3) is 11.5 Å². The number of guanidine groups is 1. The maximum atomic E-state index is 13.1. The Morgan fingerprint density at radius 1 is 0.833 bits per heavy atom. The molecule has 4 atom stereocenters. The molecule has 0 bridgehead atoms. The van der Waals surface area contributed by atoms with Gasteiger partial charge >= 0.3 is 17.6 Å². The molecule has 2 aromatic heterocycles. The fourth-order valence-corrected chi connectivity index (χ4v) is 4.98. The fourth-order valence-electron chi connectivity index (χ4n) is 4.98. The standard InChI is InChI=1S/C31H39N11O12/c32-30(33)34-7-3-6-17(38-28(51)21(13-43)40-26(49)18-9-22(44)42-31(54)41-18)25(48)36-12-23(45)37-19(10-24(46)47)27(50)39-20(29(52)53)8-14-11-35-16-5-2-1-4-15(14)16/h1-2,4-5,9,11,17,19-21,35,43H,3,6-8,10,12-13H2,(H,36,48)(H,37,45)(H,38,51)(H,39,50)(H,40,49)(H,46,47)(H,52,53)(H4,32,33,34)(H2,41,42,44,54)/t17-,19-,20-,21-/m0/s1. The number of H-pyrrole nitrogens is 3. The van der Waals surface area contributed by atoms with Crippen molar-refractivity contribution in [3.8, 4) is 0 Å². The minimum atomic E-state index is -1.77. The number of nitrogens with two attached hydrogens (primary N) is 2. The normalized spacial score (nSPS) is 13.0. The highest BCUT2D eigenvalue weighted by Crippen LogP contribution is 2.19. The van der Waals surface area contributed by atoms with Crippen LogP contribution in [0.3, 0.4) is 0 Å². The molecule has 23 nitrogen and oxygen atoms in total. The highest BCUT2D eigenvalue weighted by atomic mass is 16.4. The number of aliphatic hydroxyl groups excluding tert-OH is 1. The lowest BCUT2D eigenvalue weighted by Gasteiger charge is -2.23. The van der Waals surface area contributed by atoms with Crippen molar-refractivity contribution in [2.24, 2.45) is 16.5 Å². The Labute approximate surface area is 303 Å². The van der Waals surface area contributed by atoms with Crippen LogP contribution in [-0.2, 0) is 35.2 Å². The van der Waals surface area contributed by atoms with Gasteiger partial charge in [0.2, 0.25) is 23.6 Å². The van der Waals surface area contributed by atoms with Gasteiger partial charge < -0.3 is 63.3 Å². The van der Waals surface area contributed by atoms with Crippen LogP contribution in [0.25, 0.3) is 10.9 Å². The lowest BCUT2D eigenvalue weighted by atomic mass is 10.0. The number of benzene rings is 1. The highest BCUT2D eigenvalue weighted by Gasteiger charge is 2.30. The summed E-state index contributed by atoms with van der Waals surface area (Å²) in [7, 11) is 0. The summed E-state index contributed by atoms with van der Waals surface area (Å²) < 4.78 is 0. The number of fused-ring (bicyclic) bond motifs is 1. The van der Waals surface area contributed by atoms with Crippen molar-refractivity contribution in [2.45, 2.75) is 49.9 Å². The van der Waals surface area contributed by atoms with Gasteiger partial charge in [0, 0.05) is 36.1 Å². The van der Waals surface area contributed by atoms with Crippen LogP contribution >= 0.6 is 0 Å². The Kier molecular flexibility index (Phi) is 15.0. The van der Waals surface area contributed by atoms with E-state index in [1.807, 2.05) is 9.97 Å². The molecular formula is C31H39N11O12. The minimum absolute atomic E-state index is 0.00216. The molecule has 1 aromatic carbocycles. The van der Waals surface area contributed by atoms with Crippen LogP contribution in [0.4, 0.5) is 0 Å². The van der Waals surface area contributed by atoms with Gasteiger partial charge in [0.1, 0.15) is 29.9 Å². The van der Waals surface area contributed by atoms with Gasteiger partial charge in [-0.2, -0.15) is 0 Å². The number of aliphatic hydroxyl groups is 1. The average molecular weight is 758 g/mol. The largest absolute Gasteiger partial charge is 0.481 e. The average Bonchev–Trinajstić information content (AvgIpc) is 3.51. The van der Waals surface area contributed by atoms with E-state index in [1.165, 1.54) is 0 Å². The number of aromatic amines is 3. The van der Waals surface area contributed by atoms with Gasteiger partial charge in [0.05, 0.1) is 19.6 Å². The molecule has 54 heavy (non-hydrogen) atoms. The van der Waals surface area contributed by atoms with Crippen LogP contribution in [0.2, 0.25) is 0 Å². The summed E-state index contributed by atoms with van der Waals surface area (Å²) in [4.78, 5) is 122. The van der Waals surface area contributed by atoms with E-state index in [0.717, 1.165) is 11.6 Å². The number of amides is 5. The number of aliphatic imine (C=N–C) groups is 1. The van der Waals surface area contributed by atoms with Crippen molar-refractivity contribution < 1.29 is 48.9 Å². The number of nitrogens with zero attached hydrogens (tertiary/aromatic N) is 1. The first-order valence-electron chi connectivity index (χ1n) is 16.1. The maximum absolute atomic E-state index is 13.1. The van der Waals surface area contributed by atoms with E-state index in [2.05, 4.69) is 36.6 Å². The molecule has 0 spiro atoms. The predicted octanol–water partition coefficient (Wildman–Crippen LogP) is -4.94. The van der Waals surface area contributed by atoms with Gasteiger partial charge in [-0.05, 0) is 24.5 Å². The number of hydrogen-bond acceptors (Lipinski definition) is 11. The summed E-state index contributed by atoms with van der Waals surface area (Å²) in [5.41, 5.74) is 9.43. The first-order chi connectivity index (χ1) is 25.6. The van der Waals surface area contributed by atoms with Crippen LogP contribution in [-0.4, -0.2) is 122 Å². The quantitative estimate of drug-likeness (QED) is 0.0292. The van der Waals surface area contributed by atoms with Crippen LogP contribution in [0.15, 0.2) is 51.1 Å². The molecule has 2 heterocycles. The van der Waals surface area contributed by atoms with E-state index in [-0.39, 0.29) is 31.8 Å². The third-order valence-electron chi connectivity index (χ3n) is 7.55. The lowest BCUT2D eigenvalue weighted by molar-refractivity contribution is -0.143. The molecule has 5 amide bonds. The smallest absolute Gasteiger partial charge is 0.326 e. The van der Waals surface area contributed by atoms with E-state index in [0.29, 0.717) is 10.9 Å². The molecule has 0 fully saturated rings. The molecule has 0 radical (unpaired) electrons. The van der Waals surface area contributed by atoms with E-state index in [9.17, 15) is 58.5 Å². The Morgan fingerprint density at radius 3 is 2.17 bits per heavy atom. The van der Waals surface area contributed by atoms with Crippen molar-refractivity contribution in [1.29, 1.82) is 0 Å². The monoisotopic (exact) mass is 757 g/mol. The number of carboxylic acids is 2. The zero-order valence-electron chi connectivity index (χ0n) is 28.3. The van der Waals surface area contributed by atoms with Gasteiger partial charge in [-0.15, -0.1) is 0 Å². The molecular weight excluding hydrogens is 718 g/mol. The number of para-hydroxylation sites is 1. The molecule has 0 aliphatic heterocycles. The molecule has 3 rings (SSSR count). The number of hydrogen-bond donors (Lipinski definition) is 13. The molecule has 0 aliphatic rings. The van der Waals surface area contributed by atoms with Crippen molar-refractivity contribution in [2.75, 3.05) is 19.7 Å². The zero-order valence-corrected chi connectivity index (χ0v) is 28.3. The summed E-state index contributed by atoms with van der Waals surface area (Å²) in [6, 6.07) is 1.32. The summed E-state index contributed by atoms with van der Waals surface area (Å²) in [6.07, 6.45) is 0.377. The second kappa shape index (κ2) is 19.5. The predicted molar refractivity (Wildman–Crippen MR) is 187 cm³/mol. The Balaban J connectivity index is 1.67. The summed E-state index contributed by atoms with van der Waals surface area (Å²) in [5, 5.41) is 40.6. The second-order valence-electron chi connectivity index (χ2n) is 11.6. The van der Waals surface area contributed by atoms with Crippen molar-refractivity contribution in [1.82, 2.24) is 41.5 Å². The Hall–Kier alpha value is -7.04. The molecule has 23 heteroatoms. The Bertz CT molecular complexity index is 1990. The molecule has 0 saturated heterocycles. The molecule has 0 saturated carbocycles. The van der Waals surface area contributed by atoms with Crippen LogP contribution in [0.1, 0.15) is 35.3 Å². The number of rotatable bonds is 20. The molecule has 15 N–H and O–H groups in total. The Morgan fingerprint density at radius 2 is 1.52 bits per heavy atom. The van der Waals surface area contributed by atoms with E-state index in [4.69, 9.17) is 11.5 Å². The molecule has 290 valence electrons.